The number of alkyl halides is 3. The molecule has 3 heterocycles. The summed E-state index contributed by atoms with van der Waals surface area (Å²) in [5, 5.41) is 9.90. The van der Waals surface area contributed by atoms with E-state index in [1.165, 1.54) is 24.4 Å². The lowest BCUT2D eigenvalue weighted by Gasteiger charge is -2.10. The fourth-order valence-electron chi connectivity index (χ4n) is 2.99. The molecule has 0 atom stereocenters. The molecule has 3 N–H and O–H groups in total. The maximum atomic E-state index is 14.6. The lowest BCUT2D eigenvalue weighted by atomic mass is 10.1. The van der Waals surface area contributed by atoms with Gasteiger partial charge in [0.1, 0.15) is 5.69 Å². The summed E-state index contributed by atoms with van der Waals surface area (Å²) in [4.78, 5) is 27.9. The van der Waals surface area contributed by atoms with E-state index in [9.17, 15) is 26.7 Å². The number of carboxylic acid groups (broad SMARTS) is 1. The van der Waals surface area contributed by atoms with Gasteiger partial charge >= 0.3 is 12.1 Å². The number of hydrogen-bond acceptors (Lipinski definition) is 3. The summed E-state index contributed by atoms with van der Waals surface area (Å²) in [7, 11) is 0. The first kappa shape index (κ1) is 23.6. The fourth-order valence-corrected chi connectivity index (χ4v) is 2.99. The van der Waals surface area contributed by atoms with Gasteiger partial charge in [0.2, 0.25) is 0 Å². The number of aromatic nitrogens is 2. The van der Waals surface area contributed by atoms with Crippen molar-refractivity contribution in [2.24, 2.45) is 0 Å². The smallest absolute Gasteiger partial charge is 0.475 e. The van der Waals surface area contributed by atoms with Gasteiger partial charge in [-0.2, -0.15) is 13.2 Å². The number of H-pyrrole nitrogens is 1. The number of pyridine rings is 1. The molecule has 0 spiro atoms. The molecule has 33 heavy (non-hydrogen) atoms. The lowest BCUT2D eigenvalue weighted by molar-refractivity contribution is -0.192. The Morgan fingerprint density at radius 1 is 1.03 bits per heavy atom. The van der Waals surface area contributed by atoms with Crippen LogP contribution in [0.2, 0.25) is 0 Å². The van der Waals surface area contributed by atoms with Crippen LogP contribution in [0.3, 0.4) is 0 Å². The molecule has 3 aromatic rings. The zero-order valence-corrected chi connectivity index (χ0v) is 16.7. The molecule has 1 aliphatic heterocycles. The Kier molecular flexibility index (Phi) is 6.90. The highest BCUT2D eigenvalue weighted by Crippen LogP contribution is 2.30. The molecule has 0 radical (unpaired) electrons. The van der Waals surface area contributed by atoms with Crippen molar-refractivity contribution >= 4 is 23.5 Å². The number of nitrogens with one attached hydrogen (secondary N) is 2. The normalized spacial score (nSPS) is 13.8. The van der Waals surface area contributed by atoms with Gasteiger partial charge in [0, 0.05) is 41.7 Å². The molecule has 0 unspecified atom stereocenters. The molecule has 2 aromatic heterocycles. The maximum Gasteiger partial charge on any atom is 0.490 e. The summed E-state index contributed by atoms with van der Waals surface area (Å²) >= 11 is 0. The Morgan fingerprint density at radius 3 is 2.30 bits per heavy atom. The van der Waals surface area contributed by atoms with E-state index in [1.807, 2.05) is 0 Å². The number of rotatable bonds is 3. The summed E-state index contributed by atoms with van der Waals surface area (Å²) in [6, 6.07) is 12.9. The topological polar surface area (TPSA) is 95.1 Å². The molecule has 1 amide bonds. The molecular formula is C22H16F5N3O3. The number of fused-ring (bicyclic) bond motifs is 1. The molecule has 4 rings (SSSR count). The van der Waals surface area contributed by atoms with E-state index >= 15 is 0 Å². The second-order valence-electron chi connectivity index (χ2n) is 6.81. The van der Waals surface area contributed by atoms with Crippen molar-refractivity contribution in [2.75, 3.05) is 6.54 Å². The second kappa shape index (κ2) is 9.63. The first-order valence-electron chi connectivity index (χ1n) is 9.45. The molecule has 1 aliphatic rings. The number of aromatic amines is 1. The van der Waals surface area contributed by atoms with Crippen LogP contribution < -0.4 is 5.32 Å². The first-order chi connectivity index (χ1) is 15.6. The van der Waals surface area contributed by atoms with Crippen LogP contribution in [0.15, 0.2) is 54.7 Å². The summed E-state index contributed by atoms with van der Waals surface area (Å²) in [6.07, 6.45) is -2.96. The number of benzene rings is 1. The minimum absolute atomic E-state index is 0.0964. The molecule has 0 saturated heterocycles. The average Bonchev–Trinajstić information content (AvgIpc) is 3.24. The van der Waals surface area contributed by atoms with Gasteiger partial charge in [0.15, 0.2) is 11.7 Å². The van der Waals surface area contributed by atoms with Crippen molar-refractivity contribution < 1.29 is 36.6 Å². The third-order valence-electron chi connectivity index (χ3n) is 4.56. The molecular weight excluding hydrogens is 449 g/mol. The highest BCUT2D eigenvalue weighted by Gasteiger charge is 2.38. The SMILES string of the molecule is O=C(O)C(F)(F)F.O=C1NCCc2[nH]c(-c3ccnc(C(F)=C(F)c4ccccc4)c3)cc21. The van der Waals surface area contributed by atoms with E-state index in [4.69, 9.17) is 9.90 Å². The monoisotopic (exact) mass is 465 g/mol. The number of halogens is 5. The average molecular weight is 465 g/mol. The number of amides is 1. The third-order valence-corrected chi connectivity index (χ3v) is 4.56. The van der Waals surface area contributed by atoms with Gasteiger partial charge in [-0.15, -0.1) is 0 Å². The van der Waals surface area contributed by atoms with Gasteiger partial charge in [-0.3, -0.25) is 9.78 Å². The van der Waals surface area contributed by atoms with E-state index < -0.39 is 23.8 Å². The molecule has 1 aromatic carbocycles. The standard InChI is InChI=1S/C20H15F2N3O.C2HF3O2/c21-18(12-4-2-1-3-5-12)19(22)17-10-13(6-8-23-17)16-11-14-15(25-16)7-9-24-20(14)26;3-2(4,5)1(6)7/h1-6,8,10-11,25H,7,9H2,(H,24,26);(H,6,7). The zero-order valence-electron chi connectivity index (χ0n) is 16.7. The Morgan fingerprint density at radius 2 is 1.70 bits per heavy atom. The predicted molar refractivity (Wildman–Crippen MR) is 109 cm³/mol. The minimum atomic E-state index is -5.08. The van der Waals surface area contributed by atoms with Crippen molar-refractivity contribution in [2.45, 2.75) is 12.6 Å². The van der Waals surface area contributed by atoms with E-state index in [1.54, 1.807) is 30.3 Å². The number of hydrogen-bond donors (Lipinski definition) is 3. The lowest BCUT2D eigenvalue weighted by Crippen LogP contribution is -2.31. The zero-order chi connectivity index (χ0) is 24.2. The van der Waals surface area contributed by atoms with Crippen LogP contribution >= 0.6 is 0 Å². The minimum Gasteiger partial charge on any atom is -0.475 e. The van der Waals surface area contributed by atoms with Gasteiger partial charge in [-0.1, -0.05) is 30.3 Å². The Bertz CT molecular complexity index is 1200. The van der Waals surface area contributed by atoms with Gasteiger partial charge in [0.25, 0.3) is 5.91 Å². The van der Waals surface area contributed by atoms with Gasteiger partial charge in [0.05, 0.1) is 5.56 Å². The van der Waals surface area contributed by atoms with E-state index in [-0.39, 0.29) is 17.2 Å². The van der Waals surface area contributed by atoms with Crippen LogP contribution in [0.25, 0.3) is 22.9 Å². The number of carbonyl (C=O) groups excluding carboxylic acids is 1. The fraction of sp³-hybridized carbons (Fsp3) is 0.136. The summed E-state index contributed by atoms with van der Waals surface area (Å²) < 4.78 is 60.7. The summed E-state index contributed by atoms with van der Waals surface area (Å²) in [6.45, 7) is 0.576. The Hall–Kier alpha value is -4.02. The first-order valence-corrected chi connectivity index (χ1v) is 9.45. The molecule has 172 valence electrons. The van der Waals surface area contributed by atoms with Crippen LogP contribution in [0.4, 0.5) is 22.0 Å². The van der Waals surface area contributed by atoms with Crippen LogP contribution in [0.5, 0.6) is 0 Å². The Labute approximate surface area is 183 Å². The number of aliphatic carboxylic acids is 1. The van der Waals surface area contributed by atoms with Crippen molar-refractivity contribution in [1.29, 1.82) is 0 Å². The number of carbonyl (C=O) groups is 2. The Balaban J connectivity index is 0.000000383. The van der Waals surface area contributed by atoms with Crippen molar-refractivity contribution in [3.8, 4) is 11.3 Å². The predicted octanol–water partition coefficient (Wildman–Crippen LogP) is 4.76. The van der Waals surface area contributed by atoms with E-state index in [2.05, 4.69) is 15.3 Å². The molecule has 0 fully saturated rings. The van der Waals surface area contributed by atoms with Crippen LogP contribution in [0.1, 0.15) is 27.3 Å². The van der Waals surface area contributed by atoms with Crippen LogP contribution in [-0.4, -0.2) is 39.7 Å². The van der Waals surface area contributed by atoms with Crippen molar-refractivity contribution in [3.63, 3.8) is 0 Å². The van der Waals surface area contributed by atoms with Crippen molar-refractivity contribution in [1.82, 2.24) is 15.3 Å². The van der Waals surface area contributed by atoms with Crippen LogP contribution in [-0.2, 0) is 11.2 Å². The van der Waals surface area contributed by atoms with Gasteiger partial charge in [-0.25, -0.2) is 13.6 Å². The largest absolute Gasteiger partial charge is 0.490 e. The summed E-state index contributed by atoms with van der Waals surface area (Å²) in [5.74, 6) is -4.87. The molecule has 0 saturated carbocycles. The highest BCUT2D eigenvalue weighted by atomic mass is 19.4. The van der Waals surface area contributed by atoms with Gasteiger partial charge in [-0.05, 0) is 18.2 Å². The van der Waals surface area contributed by atoms with Crippen LogP contribution in [0, 0.1) is 0 Å². The van der Waals surface area contributed by atoms with E-state index in [0.717, 1.165) is 5.69 Å². The third kappa shape index (κ3) is 5.62. The molecule has 0 bridgehead atoms. The van der Waals surface area contributed by atoms with E-state index in [0.29, 0.717) is 29.8 Å². The molecule has 11 heteroatoms. The number of carboxylic acids is 1. The maximum absolute atomic E-state index is 14.6. The molecule has 0 aliphatic carbocycles. The van der Waals surface area contributed by atoms with Gasteiger partial charge < -0.3 is 15.4 Å². The number of nitrogens with zero attached hydrogens (tertiary/aromatic N) is 1. The molecule has 6 nitrogen and oxygen atoms in total. The quantitative estimate of drug-likeness (QED) is 0.486. The summed E-state index contributed by atoms with van der Waals surface area (Å²) in [5.41, 5.74) is 2.78. The second-order valence-corrected chi connectivity index (χ2v) is 6.81. The van der Waals surface area contributed by atoms with Crippen molar-refractivity contribution in [3.05, 3.63) is 77.2 Å². The highest BCUT2D eigenvalue weighted by molar-refractivity contribution is 5.97.